The number of hydrogen-bond acceptors (Lipinski definition) is 0. The van der Waals surface area contributed by atoms with Crippen LogP contribution in [-0.2, 0) is 0 Å². The molecule has 0 spiro atoms. The zero-order chi connectivity index (χ0) is 18.9. The predicted molar refractivity (Wildman–Crippen MR) is 123 cm³/mol. The van der Waals surface area contributed by atoms with Crippen LogP contribution in [0.15, 0.2) is 85.0 Å². The van der Waals surface area contributed by atoms with Gasteiger partial charge in [0.05, 0.1) is 0 Å². The third-order valence-electron chi connectivity index (χ3n) is 6.51. The van der Waals surface area contributed by atoms with Crippen LogP contribution in [0.2, 0.25) is 18.6 Å². The van der Waals surface area contributed by atoms with Crippen molar-refractivity contribution in [2.24, 2.45) is 11.8 Å². The monoisotopic (exact) mass is 397 g/mol. The van der Waals surface area contributed by atoms with Crippen LogP contribution in [0.3, 0.4) is 0 Å². The van der Waals surface area contributed by atoms with Gasteiger partial charge in [0.25, 0.3) is 0 Å². The van der Waals surface area contributed by atoms with E-state index in [4.69, 9.17) is 4.98 Å². The summed E-state index contributed by atoms with van der Waals surface area (Å²) in [6.07, 6.45) is 10.8. The van der Waals surface area contributed by atoms with Crippen LogP contribution in [0.25, 0.3) is 4.98 Å². The predicted octanol–water partition coefficient (Wildman–Crippen LogP) is 2.83. The van der Waals surface area contributed by atoms with E-state index in [0.29, 0.717) is 17.5 Å². The normalized spacial score (nSPS) is 26.1. The Kier molecular flexibility index (Phi) is 7.24. The molecular weight excluding hydrogens is 368 g/mol. The maximum absolute atomic E-state index is 4.92. The molecule has 4 atom stereocenters. The largest absolute Gasteiger partial charge is 1.00 e. The van der Waals surface area contributed by atoms with Crippen LogP contribution >= 0.6 is 7.92 Å². The molecule has 0 saturated heterocycles. The Balaban J connectivity index is 0.00000225. The van der Waals surface area contributed by atoms with Crippen LogP contribution < -0.4 is 29.5 Å². The topological polar surface area (TPSA) is 14.1 Å². The van der Waals surface area contributed by atoms with E-state index in [-0.39, 0.29) is 26.8 Å². The van der Waals surface area contributed by atoms with Gasteiger partial charge in [-0.15, -0.1) is 0 Å². The molecule has 4 heteroatoms. The van der Waals surface area contributed by atoms with E-state index >= 15 is 0 Å². The average molecular weight is 398 g/mol. The van der Waals surface area contributed by atoms with Crippen molar-refractivity contribution in [2.75, 3.05) is 7.05 Å². The minimum Gasteiger partial charge on any atom is -0.667 e. The quantitative estimate of drug-likeness (QED) is 0.544. The summed E-state index contributed by atoms with van der Waals surface area (Å²) in [4.78, 5) is 4.92. The van der Waals surface area contributed by atoms with E-state index in [1.807, 2.05) is 7.05 Å². The van der Waals surface area contributed by atoms with Crippen molar-refractivity contribution in [2.45, 2.75) is 30.7 Å². The van der Waals surface area contributed by atoms with E-state index in [9.17, 15) is 0 Å². The molecule has 0 bridgehead atoms. The second kappa shape index (κ2) is 9.29. The van der Waals surface area contributed by atoms with Gasteiger partial charge in [-0.2, -0.15) is 7.05 Å². The molecule has 2 aromatic carbocycles. The van der Waals surface area contributed by atoms with Crippen molar-refractivity contribution in [3.05, 3.63) is 90.0 Å². The maximum atomic E-state index is 4.92. The first-order valence-corrected chi connectivity index (χ1v) is 14.4. The van der Waals surface area contributed by atoms with Gasteiger partial charge in [-0.05, 0) is 42.4 Å². The molecule has 0 aliphatic heterocycles. The Morgan fingerprint density at radius 3 is 1.82 bits per heavy atom. The average Bonchev–Trinajstić information content (AvgIpc) is 3.10. The van der Waals surface area contributed by atoms with Gasteiger partial charge >= 0.3 is 18.9 Å². The zero-order valence-corrected chi connectivity index (χ0v) is 19.4. The van der Waals surface area contributed by atoms with Crippen molar-refractivity contribution >= 4 is 26.8 Å². The molecule has 0 amide bonds. The molecule has 2 aliphatic carbocycles. The Morgan fingerprint density at radius 1 is 0.821 bits per heavy atom. The number of rotatable bonds is 5. The van der Waals surface area contributed by atoms with Gasteiger partial charge in [-0.25, -0.2) is 0 Å². The summed E-state index contributed by atoms with van der Waals surface area (Å²) in [5.74, 6) is 1.29. The minimum atomic E-state index is -1.59. The molecule has 1 nitrogen and oxygen atoms in total. The van der Waals surface area contributed by atoms with Crippen molar-refractivity contribution < 1.29 is 18.9 Å². The maximum Gasteiger partial charge on any atom is 1.00 e. The van der Waals surface area contributed by atoms with E-state index in [2.05, 4.69) is 98.1 Å². The van der Waals surface area contributed by atoms with Crippen LogP contribution in [-0.4, -0.2) is 20.9 Å². The fourth-order valence-electron chi connectivity index (χ4n) is 4.92. The fourth-order valence-corrected chi connectivity index (χ4v) is 10.7. The smallest absolute Gasteiger partial charge is 0.667 e. The van der Waals surface area contributed by atoms with Crippen molar-refractivity contribution in [3.63, 3.8) is 0 Å². The first kappa shape index (κ1) is 21.8. The number of allylic oxidation sites excluding steroid dienone is 4. The van der Waals surface area contributed by atoms with Gasteiger partial charge < -0.3 is 4.98 Å². The molecule has 1 saturated carbocycles. The SMILES string of the molecule is C[N-][Si](C)(C)C1CC(P(c2ccccc2)c2ccccc2)C2C=CC=CC21.[Li+]. The molecule has 140 valence electrons. The first-order valence-electron chi connectivity index (χ1n) is 9.97. The number of benzene rings is 2. The summed E-state index contributed by atoms with van der Waals surface area (Å²) in [6.45, 7) is 4.91. The van der Waals surface area contributed by atoms with Crippen LogP contribution in [0.5, 0.6) is 0 Å². The molecular formula is C24H29LiNPSi. The van der Waals surface area contributed by atoms with Crippen molar-refractivity contribution in [3.8, 4) is 0 Å². The second-order valence-electron chi connectivity index (χ2n) is 8.25. The molecule has 4 rings (SSSR count). The van der Waals surface area contributed by atoms with Gasteiger partial charge in [0.2, 0.25) is 0 Å². The van der Waals surface area contributed by atoms with E-state index in [0.717, 1.165) is 5.54 Å². The first-order chi connectivity index (χ1) is 13.1. The molecule has 4 unspecified atom stereocenters. The van der Waals surface area contributed by atoms with E-state index < -0.39 is 8.24 Å². The van der Waals surface area contributed by atoms with E-state index in [1.54, 1.807) is 0 Å². The minimum absolute atomic E-state index is 0. The fraction of sp³-hybridized carbons (Fsp3) is 0.333. The third kappa shape index (κ3) is 4.18. The summed E-state index contributed by atoms with van der Waals surface area (Å²) in [6, 6.07) is 22.5. The summed E-state index contributed by atoms with van der Waals surface area (Å²) in [5, 5.41) is 3.03. The second-order valence-corrected chi connectivity index (χ2v) is 15.2. The van der Waals surface area contributed by atoms with Crippen molar-refractivity contribution in [1.29, 1.82) is 0 Å². The molecule has 2 aliphatic rings. The Bertz CT molecular complexity index is 782. The molecule has 2 aromatic rings. The molecule has 0 N–H and O–H groups in total. The molecule has 28 heavy (non-hydrogen) atoms. The van der Waals surface area contributed by atoms with Crippen LogP contribution in [0.4, 0.5) is 0 Å². The Labute approximate surface area is 184 Å². The Morgan fingerprint density at radius 2 is 1.32 bits per heavy atom. The third-order valence-corrected chi connectivity index (χ3v) is 13.0. The van der Waals surface area contributed by atoms with Gasteiger partial charge in [-0.1, -0.05) is 112 Å². The molecule has 0 radical (unpaired) electrons. The number of nitrogens with zero attached hydrogens (tertiary/aromatic N) is 1. The Hall–Kier alpha value is -0.876. The van der Waals surface area contributed by atoms with Crippen LogP contribution in [0.1, 0.15) is 6.42 Å². The van der Waals surface area contributed by atoms with Gasteiger partial charge in [0.15, 0.2) is 0 Å². The molecule has 1 fully saturated rings. The van der Waals surface area contributed by atoms with Gasteiger partial charge in [-0.3, -0.25) is 0 Å². The molecule has 0 aromatic heterocycles. The number of hydrogen-bond donors (Lipinski definition) is 0. The summed E-state index contributed by atoms with van der Waals surface area (Å²) >= 11 is 0. The standard InChI is InChI=1S/C24H29NPSi.Li/c1-25-27(2,3)24-18-23(21-16-10-11-17-22(21)24)26(19-12-6-4-7-13-19)20-14-8-5-9-15-20;/h4-17,21-24H,18H2,1-3H3;/q-1;+1. The van der Waals surface area contributed by atoms with E-state index in [1.165, 1.54) is 17.0 Å². The van der Waals surface area contributed by atoms with Crippen molar-refractivity contribution in [1.82, 2.24) is 0 Å². The zero-order valence-electron chi connectivity index (χ0n) is 17.5. The number of fused-ring (bicyclic) bond motifs is 1. The van der Waals surface area contributed by atoms with Crippen LogP contribution in [0, 0.1) is 11.8 Å². The molecule has 0 heterocycles. The summed E-state index contributed by atoms with van der Waals surface area (Å²) < 4.78 is 0. The van der Waals surface area contributed by atoms with Gasteiger partial charge in [0, 0.05) is 0 Å². The summed E-state index contributed by atoms with van der Waals surface area (Å²) in [7, 11) is 0.0790. The summed E-state index contributed by atoms with van der Waals surface area (Å²) in [5.41, 5.74) is 1.42. The van der Waals surface area contributed by atoms with Gasteiger partial charge in [0.1, 0.15) is 0 Å².